The molecule has 2 heterocycles. The summed E-state index contributed by atoms with van der Waals surface area (Å²) in [5, 5.41) is 3.36. The third-order valence-corrected chi connectivity index (χ3v) is 5.41. The molecule has 1 aromatic rings. The lowest BCUT2D eigenvalue weighted by Crippen LogP contribution is -2.54. The lowest BCUT2D eigenvalue weighted by atomic mass is 9.94. The van der Waals surface area contributed by atoms with Crippen molar-refractivity contribution in [3.8, 4) is 11.5 Å². The van der Waals surface area contributed by atoms with E-state index in [0.717, 1.165) is 19.6 Å². The maximum Gasteiger partial charge on any atom is 0.254 e. The Kier molecular flexibility index (Phi) is 7.95. The Morgan fingerprint density at radius 1 is 1.00 bits per heavy atom. The quantitative estimate of drug-likeness (QED) is 0.818. The molecule has 1 unspecified atom stereocenters. The van der Waals surface area contributed by atoms with Crippen LogP contribution in [0.2, 0.25) is 0 Å². The summed E-state index contributed by atoms with van der Waals surface area (Å²) in [7, 11) is 3.13. The van der Waals surface area contributed by atoms with Gasteiger partial charge in [-0.3, -0.25) is 9.59 Å². The standard InChI is InChI=1S/C20H29N3O4.ClH/c1-14-13-23(9-6-21-14)19(24)15-4-7-22(8-5-15)20(25)16-10-17(26-2)12-18(11-16)27-3;/h10-12,14-15,21H,4-9,13H2,1-3H3;1H. The first-order chi connectivity index (χ1) is 13.0. The SMILES string of the molecule is COc1cc(OC)cc(C(=O)N2CCC(C(=O)N3CCNC(C)C3)CC2)c1.Cl. The molecule has 2 saturated heterocycles. The Labute approximate surface area is 172 Å². The zero-order valence-corrected chi connectivity index (χ0v) is 17.6. The maximum atomic E-state index is 12.9. The summed E-state index contributed by atoms with van der Waals surface area (Å²) in [6, 6.07) is 5.54. The fraction of sp³-hybridized carbons (Fsp3) is 0.600. The molecule has 0 radical (unpaired) electrons. The summed E-state index contributed by atoms with van der Waals surface area (Å²) in [4.78, 5) is 29.4. The highest BCUT2D eigenvalue weighted by molar-refractivity contribution is 5.95. The number of piperidine rings is 1. The summed E-state index contributed by atoms with van der Waals surface area (Å²) >= 11 is 0. The molecule has 0 spiro atoms. The van der Waals surface area contributed by atoms with Crippen molar-refractivity contribution in [2.75, 3.05) is 46.9 Å². The number of hydrogen-bond acceptors (Lipinski definition) is 5. The van der Waals surface area contributed by atoms with Crippen molar-refractivity contribution in [3.05, 3.63) is 23.8 Å². The molecule has 28 heavy (non-hydrogen) atoms. The van der Waals surface area contributed by atoms with Gasteiger partial charge < -0.3 is 24.6 Å². The number of ether oxygens (including phenoxy) is 2. The summed E-state index contributed by atoms with van der Waals surface area (Å²) in [5.41, 5.74) is 0.548. The highest BCUT2D eigenvalue weighted by atomic mass is 35.5. The Hall–Kier alpha value is -1.99. The third kappa shape index (κ3) is 5.08. The Bertz CT molecular complexity index is 670. The first-order valence-electron chi connectivity index (χ1n) is 9.56. The van der Waals surface area contributed by atoms with Gasteiger partial charge in [0.1, 0.15) is 11.5 Å². The van der Waals surface area contributed by atoms with E-state index in [1.165, 1.54) is 0 Å². The van der Waals surface area contributed by atoms with E-state index in [9.17, 15) is 9.59 Å². The molecule has 0 bridgehead atoms. The van der Waals surface area contributed by atoms with Crippen LogP contribution in [0.4, 0.5) is 0 Å². The average Bonchev–Trinajstić information content (AvgIpc) is 2.72. The number of rotatable bonds is 4. The third-order valence-electron chi connectivity index (χ3n) is 5.41. The van der Waals surface area contributed by atoms with Gasteiger partial charge in [0.2, 0.25) is 5.91 Å². The second kappa shape index (κ2) is 9.98. The van der Waals surface area contributed by atoms with Gasteiger partial charge in [-0.25, -0.2) is 0 Å². The number of carbonyl (C=O) groups excluding carboxylic acids is 2. The van der Waals surface area contributed by atoms with Gasteiger partial charge in [0.15, 0.2) is 0 Å². The van der Waals surface area contributed by atoms with Crippen molar-refractivity contribution in [3.63, 3.8) is 0 Å². The van der Waals surface area contributed by atoms with Crippen LogP contribution in [0, 0.1) is 5.92 Å². The molecule has 8 heteroatoms. The molecule has 7 nitrogen and oxygen atoms in total. The van der Waals surface area contributed by atoms with Gasteiger partial charge in [0, 0.05) is 56.3 Å². The predicted molar refractivity (Wildman–Crippen MR) is 109 cm³/mol. The molecule has 1 N–H and O–H groups in total. The predicted octanol–water partition coefficient (Wildman–Crippen LogP) is 1.80. The minimum absolute atomic E-state index is 0. The van der Waals surface area contributed by atoms with Crippen LogP contribution in [0.15, 0.2) is 18.2 Å². The number of halogens is 1. The highest BCUT2D eigenvalue weighted by Crippen LogP contribution is 2.26. The molecule has 2 aliphatic heterocycles. The van der Waals surface area contributed by atoms with E-state index in [-0.39, 0.29) is 30.1 Å². The molecule has 0 saturated carbocycles. The van der Waals surface area contributed by atoms with E-state index in [1.807, 2.05) is 9.80 Å². The largest absolute Gasteiger partial charge is 0.497 e. The molecule has 2 aliphatic rings. The summed E-state index contributed by atoms with van der Waals surface area (Å²) in [5.74, 6) is 1.39. The molecule has 2 fully saturated rings. The number of nitrogens with one attached hydrogen (secondary N) is 1. The number of carbonyl (C=O) groups is 2. The van der Waals surface area contributed by atoms with Crippen molar-refractivity contribution in [1.82, 2.24) is 15.1 Å². The molecule has 0 aliphatic carbocycles. The smallest absolute Gasteiger partial charge is 0.254 e. The van der Waals surface area contributed by atoms with Gasteiger partial charge in [0.25, 0.3) is 5.91 Å². The second-order valence-corrected chi connectivity index (χ2v) is 7.31. The van der Waals surface area contributed by atoms with Crippen LogP contribution in [0.25, 0.3) is 0 Å². The Morgan fingerprint density at radius 3 is 2.14 bits per heavy atom. The summed E-state index contributed by atoms with van der Waals surface area (Å²) < 4.78 is 10.5. The fourth-order valence-electron chi connectivity index (χ4n) is 3.83. The number of methoxy groups -OCH3 is 2. The number of hydrogen-bond donors (Lipinski definition) is 1. The van der Waals surface area contributed by atoms with Crippen molar-refractivity contribution < 1.29 is 19.1 Å². The molecule has 1 atom stereocenters. The minimum Gasteiger partial charge on any atom is -0.497 e. The van der Waals surface area contributed by atoms with E-state index in [1.54, 1.807) is 32.4 Å². The van der Waals surface area contributed by atoms with Crippen LogP contribution in [0.5, 0.6) is 11.5 Å². The van der Waals surface area contributed by atoms with Gasteiger partial charge in [-0.2, -0.15) is 0 Å². The Morgan fingerprint density at radius 2 is 1.61 bits per heavy atom. The maximum absolute atomic E-state index is 12.9. The summed E-state index contributed by atoms with van der Waals surface area (Å²) in [6.45, 7) is 5.67. The number of likely N-dealkylation sites (tertiary alicyclic amines) is 1. The monoisotopic (exact) mass is 411 g/mol. The van der Waals surface area contributed by atoms with Crippen LogP contribution < -0.4 is 14.8 Å². The molecule has 0 aromatic heterocycles. The van der Waals surface area contributed by atoms with Gasteiger partial charge in [-0.1, -0.05) is 0 Å². The number of nitrogens with zero attached hydrogens (tertiary/aromatic N) is 2. The zero-order chi connectivity index (χ0) is 19.4. The van der Waals surface area contributed by atoms with E-state index in [4.69, 9.17) is 9.47 Å². The van der Waals surface area contributed by atoms with E-state index < -0.39 is 0 Å². The second-order valence-electron chi connectivity index (χ2n) is 7.31. The van der Waals surface area contributed by atoms with Crippen molar-refractivity contribution in [1.29, 1.82) is 0 Å². The molecule has 156 valence electrons. The molecular weight excluding hydrogens is 382 g/mol. The first kappa shape index (κ1) is 22.3. The number of piperazine rings is 1. The van der Waals surface area contributed by atoms with Crippen LogP contribution in [0.1, 0.15) is 30.1 Å². The molecule has 2 amide bonds. The minimum atomic E-state index is -0.0473. The van der Waals surface area contributed by atoms with Crippen molar-refractivity contribution in [2.45, 2.75) is 25.8 Å². The number of amides is 2. The lowest BCUT2D eigenvalue weighted by molar-refractivity contribution is -0.138. The van der Waals surface area contributed by atoms with Crippen LogP contribution in [0.3, 0.4) is 0 Å². The zero-order valence-electron chi connectivity index (χ0n) is 16.8. The first-order valence-corrected chi connectivity index (χ1v) is 9.56. The Balaban J connectivity index is 0.00000280. The average molecular weight is 412 g/mol. The molecular formula is C20H30ClN3O4. The molecule has 3 rings (SSSR count). The lowest BCUT2D eigenvalue weighted by Gasteiger charge is -2.37. The van der Waals surface area contributed by atoms with E-state index >= 15 is 0 Å². The van der Waals surface area contributed by atoms with Crippen LogP contribution >= 0.6 is 12.4 Å². The van der Waals surface area contributed by atoms with Crippen LogP contribution in [-0.4, -0.2) is 74.6 Å². The summed E-state index contributed by atoms with van der Waals surface area (Å²) in [6.07, 6.45) is 1.42. The normalized spacial score (nSPS) is 20.3. The fourth-order valence-corrected chi connectivity index (χ4v) is 3.83. The van der Waals surface area contributed by atoms with Gasteiger partial charge in [-0.05, 0) is 31.9 Å². The number of benzene rings is 1. The van der Waals surface area contributed by atoms with Crippen molar-refractivity contribution >= 4 is 24.2 Å². The van der Waals surface area contributed by atoms with Gasteiger partial charge in [-0.15, -0.1) is 12.4 Å². The highest BCUT2D eigenvalue weighted by Gasteiger charge is 2.32. The topological polar surface area (TPSA) is 71.1 Å². The van der Waals surface area contributed by atoms with Gasteiger partial charge in [0.05, 0.1) is 14.2 Å². The van der Waals surface area contributed by atoms with E-state index in [2.05, 4.69) is 12.2 Å². The van der Waals surface area contributed by atoms with E-state index in [0.29, 0.717) is 49.0 Å². The van der Waals surface area contributed by atoms with Gasteiger partial charge >= 0.3 is 0 Å². The molecule has 1 aromatic carbocycles. The van der Waals surface area contributed by atoms with Crippen LogP contribution in [-0.2, 0) is 4.79 Å². The van der Waals surface area contributed by atoms with Crippen molar-refractivity contribution in [2.24, 2.45) is 5.92 Å².